The molecule has 0 aromatic heterocycles. The number of aliphatic hydroxyl groups excluding tert-OH is 1. The van der Waals surface area contributed by atoms with Crippen molar-refractivity contribution in [3.8, 4) is 0 Å². The molecular weight excluding hydrogens is 198 g/mol. The maximum Gasteiger partial charge on any atom is 0.0556 e. The van der Waals surface area contributed by atoms with Crippen LogP contribution in [0.4, 0.5) is 0 Å². The van der Waals surface area contributed by atoms with Crippen LogP contribution in [0.3, 0.4) is 0 Å². The van der Waals surface area contributed by atoms with E-state index in [2.05, 4.69) is 26.1 Å². The summed E-state index contributed by atoms with van der Waals surface area (Å²) < 4.78 is 0. The van der Waals surface area contributed by atoms with E-state index in [1.807, 2.05) is 0 Å². The highest BCUT2D eigenvalue weighted by atomic mass is 16.3. The number of β-amino-alcohol motifs (C(OH)–C–C–N with tert-alkyl or cyclic N) is 1. The molecular formula is C14H31NO. The van der Waals surface area contributed by atoms with Gasteiger partial charge in [-0.15, -0.1) is 0 Å². The molecule has 0 heterocycles. The molecule has 2 heteroatoms. The van der Waals surface area contributed by atoms with Crippen LogP contribution in [-0.2, 0) is 0 Å². The first-order valence-electron chi connectivity index (χ1n) is 6.98. The summed E-state index contributed by atoms with van der Waals surface area (Å²) in [5.74, 6) is 0. The van der Waals surface area contributed by atoms with Crippen molar-refractivity contribution < 1.29 is 5.11 Å². The second kappa shape index (κ2) is 10.1. The van der Waals surface area contributed by atoms with Crippen LogP contribution in [0.1, 0.15) is 72.1 Å². The standard InChI is InChI=1S/C14H31NO/c1-4-5-6-7-8-9-10-11-14(2,3)15-12-13-16/h15-16H,4-13H2,1-3H3. The van der Waals surface area contributed by atoms with E-state index in [0.717, 1.165) is 0 Å². The smallest absolute Gasteiger partial charge is 0.0556 e. The average Bonchev–Trinajstić information content (AvgIpc) is 2.25. The molecule has 0 radical (unpaired) electrons. The lowest BCUT2D eigenvalue weighted by atomic mass is 9.96. The first-order chi connectivity index (χ1) is 7.62. The Bertz CT molecular complexity index is 146. The number of hydrogen-bond acceptors (Lipinski definition) is 2. The molecule has 2 nitrogen and oxygen atoms in total. The molecule has 16 heavy (non-hydrogen) atoms. The largest absolute Gasteiger partial charge is 0.395 e. The maximum atomic E-state index is 8.76. The summed E-state index contributed by atoms with van der Waals surface area (Å²) in [5.41, 5.74) is 0.187. The fourth-order valence-electron chi connectivity index (χ4n) is 2.01. The minimum Gasteiger partial charge on any atom is -0.395 e. The Morgan fingerprint density at radius 3 is 2.06 bits per heavy atom. The topological polar surface area (TPSA) is 32.3 Å². The molecule has 0 amide bonds. The van der Waals surface area contributed by atoms with Gasteiger partial charge in [0.2, 0.25) is 0 Å². The summed E-state index contributed by atoms with van der Waals surface area (Å²) in [7, 11) is 0. The van der Waals surface area contributed by atoms with E-state index in [0.29, 0.717) is 6.54 Å². The van der Waals surface area contributed by atoms with Gasteiger partial charge in [0.05, 0.1) is 6.61 Å². The van der Waals surface area contributed by atoms with Gasteiger partial charge in [-0.2, -0.15) is 0 Å². The zero-order valence-corrected chi connectivity index (χ0v) is 11.5. The van der Waals surface area contributed by atoms with E-state index >= 15 is 0 Å². The van der Waals surface area contributed by atoms with Crippen LogP contribution in [0.2, 0.25) is 0 Å². The fraction of sp³-hybridized carbons (Fsp3) is 1.00. The third kappa shape index (κ3) is 10.4. The SMILES string of the molecule is CCCCCCCCCC(C)(C)NCCO. The Hall–Kier alpha value is -0.0800. The highest BCUT2D eigenvalue weighted by molar-refractivity contribution is 4.76. The highest BCUT2D eigenvalue weighted by Crippen LogP contribution is 2.15. The van der Waals surface area contributed by atoms with Crippen LogP contribution in [0.5, 0.6) is 0 Å². The van der Waals surface area contributed by atoms with Crippen molar-refractivity contribution in [1.29, 1.82) is 0 Å². The van der Waals surface area contributed by atoms with Crippen molar-refractivity contribution >= 4 is 0 Å². The van der Waals surface area contributed by atoms with Crippen molar-refractivity contribution in [1.82, 2.24) is 5.32 Å². The zero-order chi connectivity index (χ0) is 12.3. The van der Waals surface area contributed by atoms with Gasteiger partial charge in [0, 0.05) is 12.1 Å². The second-order valence-electron chi connectivity index (χ2n) is 5.41. The molecule has 0 atom stereocenters. The quantitative estimate of drug-likeness (QED) is 0.532. The van der Waals surface area contributed by atoms with E-state index in [9.17, 15) is 0 Å². The second-order valence-corrected chi connectivity index (χ2v) is 5.41. The Kier molecular flexibility index (Phi) is 10.0. The lowest BCUT2D eigenvalue weighted by Gasteiger charge is -2.26. The maximum absolute atomic E-state index is 8.76. The first kappa shape index (κ1) is 15.9. The Morgan fingerprint density at radius 1 is 0.938 bits per heavy atom. The number of rotatable bonds is 11. The first-order valence-corrected chi connectivity index (χ1v) is 6.98. The molecule has 0 aliphatic rings. The molecule has 0 saturated heterocycles. The van der Waals surface area contributed by atoms with E-state index < -0.39 is 0 Å². The van der Waals surface area contributed by atoms with E-state index in [4.69, 9.17) is 5.11 Å². The molecule has 0 bridgehead atoms. The van der Waals surface area contributed by atoms with E-state index in [1.165, 1.54) is 51.4 Å². The molecule has 0 spiro atoms. The molecule has 0 aliphatic heterocycles. The molecule has 0 aliphatic carbocycles. The van der Waals surface area contributed by atoms with Gasteiger partial charge in [0.1, 0.15) is 0 Å². The summed E-state index contributed by atoms with van der Waals surface area (Å²) in [6.45, 7) is 7.65. The van der Waals surface area contributed by atoms with Gasteiger partial charge in [-0.05, 0) is 20.3 Å². The van der Waals surface area contributed by atoms with Gasteiger partial charge in [0.15, 0.2) is 0 Å². The van der Waals surface area contributed by atoms with Crippen LogP contribution in [0.25, 0.3) is 0 Å². The lowest BCUT2D eigenvalue weighted by Crippen LogP contribution is -2.40. The number of unbranched alkanes of at least 4 members (excludes halogenated alkanes) is 6. The summed E-state index contributed by atoms with van der Waals surface area (Å²) in [6.07, 6.45) is 10.8. The number of nitrogens with one attached hydrogen (secondary N) is 1. The summed E-state index contributed by atoms with van der Waals surface area (Å²) in [4.78, 5) is 0. The number of aliphatic hydroxyl groups is 1. The predicted molar refractivity (Wildman–Crippen MR) is 71.8 cm³/mol. The van der Waals surface area contributed by atoms with Crippen LogP contribution in [0.15, 0.2) is 0 Å². The average molecular weight is 229 g/mol. The van der Waals surface area contributed by atoms with Crippen molar-refractivity contribution in [2.75, 3.05) is 13.2 Å². The summed E-state index contributed by atoms with van der Waals surface area (Å²) >= 11 is 0. The van der Waals surface area contributed by atoms with Crippen LogP contribution in [-0.4, -0.2) is 23.8 Å². The molecule has 0 saturated carbocycles. The minimum atomic E-state index is 0.187. The van der Waals surface area contributed by atoms with E-state index in [1.54, 1.807) is 0 Å². The predicted octanol–water partition coefficient (Wildman–Crippen LogP) is 3.49. The molecule has 2 N–H and O–H groups in total. The van der Waals surface area contributed by atoms with Crippen molar-refractivity contribution in [3.63, 3.8) is 0 Å². The molecule has 0 rings (SSSR count). The van der Waals surface area contributed by atoms with Crippen molar-refractivity contribution in [2.45, 2.75) is 77.7 Å². The molecule has 0 fully saturated rings. The van der Waals surface area contributed by atoms with Gasteiger partial charge in [0.25, 0.3) is 0 Å². The zero-order valence-electron chi connectivity index (χ0n) is 11.5. The fourth-order valence-corrected chi connectivity index (χ4v) is 2.01. The van der Waals surface area contributed by atoms with Gasteiger partial charge in [-0.1, -0.05) is 51.9 Å². The lowest BCUT2D eigenvalue weighted by molar-refractivity contribution is 0.258. The van der Waals surface area contributed by atoms with Gasteiger partial charge < -0.3 is 10.4 Å². The monoisotopic (exact) mass is 229 g/mol. The third-order valence-corrected chi connectivity index (χ3v) is 3.12. The van der Waals surface area contributed by atoms with Gasteiger partial charge in [-0.25, -0.2) is 0 Å². The third-order valence-electron chi connectivity index (χ3n) is 3.12. The van der Waals surface area contributed by atoms with Crippen LogP contribution in [0, 0.1) is 0 Å². The van der Waals surface area contributed by atoms with Gasteiger partial charge >= 0.3 is 0 Å². The number of hydrogen-bond donors (Lipinski definition) is 2. The molecule has 98 valence electrons. The molecule has 0 unspecified atom stereocenters. The summed E-state index contributed by atoms with van der Waals surface area (Å²) in [6, 6.07) is 0. The Labute approximate surface area is 102 Å². The van der Waals surface area contributed by atoms with Crippen LogP contribution < -0.4 is 5.32 Å². The molecule has 0 aromatic carbocycles. The van der Waals surface area contributed by atoms with Crippen LogP contribution >= 0.6 is 0 Å². The Morgan fingerprint density at radius 2 is 1.50 bits per heavy atom. The summed E-state index contributed by atoms with van der Waals surface area (Å²) in [5, 5.41) is 12.1. The van der Waals surface area contributed by atoms with E-state index in [-0.39, 0.29) is 12.1 Å². The Balaban J connectivity index is 3.29. The normalized spacial score (nSPS) is 12.0. The van der Waals surface area contributed by atoms with Crippen molar-refractivity contribution in [2.24, 2.45) is 0 Å². The van der Waals surface area contributed by atoms with Gasteiger partial charge in [-0.3, -0.25) is 0 Å². The minimum absolute atomic E-state index is 0.187. The highest BCUT2D eigenvalue weighted by Gasteiger charge is 2.15. The van der Waals surface area contributed by atoms with Crippen molar-refractivity contribution in [3.05, 3.63) is 0 Å². The molecule has 0 aromatic rings.